The van der Waals surface area contributed by atoms with Crippen molar-refractivity contribution in [3.05, 3.63) is 192 Å². The summed E-state index contributed by atoms with van der Waals surface area (Å²) < 4.78 is 9.20. The van der Waals surface area contributed by atoms with E-state index in [4.69, 9.17) is 14.4 Å². The fourth-order valence-corrected chi connectivity index (χ4v) is 9.42. The first kappa shape index (κ1) is 45.4. The van der Waals surface area contributed by atoms with Crippen molar-refractivity contribution in [3.8, 4) is 39.6 Å². The van der Waals surface area contributed by atoms with E-state index in [0.29, 0.717) is 0 Å². The van der Waals surface area contributed by atoms with Crippen LogP contribution in [0, 0.1) is 26.0 Å². The summed E-state index contributed by atoms with van der Waals surface area (Å²) in [5, 5.41) is 7.02. The average Bonchev–Trinajstić information content (AvgIpc) is 3.89. The molecule has 1 radical (unpaired) electrons. The van der Waals surface area contributed by atoms with Crippen molar-refractivity contribution in [3.63, 3.8) is 0 Å². The Labute approximate surface area is 407 Å². The number of hydrogen-bond acceptors (Lipinski definition) is 4. The molecule has 0 saturated heterocycles. The molecule has 3 aromatic heterocycles. The van der Waals surface area contributed by atoms with Crippen LogP contribution in [0.4, 0.5) is 0 Å². The van der Waals surface area contributed by atoms with Crippen molar-refractivity contribution in [2.24, 2.45) is 0 Å². The summed E-state index contributed by atoms with van der Waals surface area (Å²) in [5.74, 6) is 2.16. The number of aromatic nitrogens is 4. The summed E-state index contributed by atoms with van der Waals surface area (Å²) in [5.41, 5.74) is 15.2. The number of hydrogen-bond donors (Lipinski definition) is 0. The van der Waals surface area contributed by atoms with Crippen molar-refractivity contribution in [2.45, 2.75) is 79.6 Å². The number of benzene rings is 8. The van der Waals surface area contributed by atoms with Crippen molar-refractivity contribution in [1.29, 1.82) is 0 Å². The Balaban J connectivity index is 0.000000250. The molecule has 0 spiro atoms. The number of imidazole rings is 1. The van der Waals surface area contributed by atoms with Gasteiger partial charge in [-0.2, -0.15) is 0 Å². The van der Waals surface area contributed by atoms with E-state index in [1.54, 1.807) is 0 Å². The van der Waals surface area contributed by atoms with Gasteiger partial charge in [0.25, 0.3) is 0 Å². The number of rotatable bonds is 6. The molecule has 3 heterocycles. The van der Waals surface area contributed by atoms with Crippen LogP contribution in [0.25, 0.3) is 94.1 Å². The molecule has 0 aliphatic rings. The van der Waals surface area contributed by atoms with Crippen molar-refractivity contribution >= 4 is 54.5 Å². The first-order valence-corrected chi connectivity index (χ1v) is 23.1. The smallest absolute Gasteiger partial charge is 0.121 e. The van der Waals surface area contributed by atoms with Crippen LogP contribution < -0.4 is 0 Å². The molecule has 11 rings (SSSR count). The Bertz CT molecular complexity index is 3560. The molecule has 0 aliphatic heterocycles. The first-order chi connectivity index (χ1) is 31.8. The van der Waals surface area contributed by atoms with E-state index < -0.39 is 0 Å². The number of furan rings is 1. The minimum Gasteiger partial charge on any atom is -0.501 e. The van der Waals surface area contributed by atoms with E-state index in [1.165, 1.54) is 55.0 Å². The Kier molecular flexibility index (Phi) is 12.3. The average molecular weight is 1050 g/mol. The molecule has 5 nitrogen and oxygen atoms in total. The monoisotopic (exact) mass is 1050 g/mol. The molecule has 0 N–H and O–H groups in total. The minimum atomic E-state index is 0. The van der Waals surface area contributed by atoms with Crippen LogP contribution in [-0.2, 0) is 25.5 Å². The van der Waals surface area contributed by atoms with Gasteiger partial charge in [0.1, 0.15) is 5.58 Å². The standard InChI is InChI=1S/C45H35N2O.C16H19N2.Ir/c1-27(2)36-24-32(29-13-6-5-7-14-29)25-37(28(3)4)43(36)47-41-20-11-10-19-40(41)46-45(47)35-18-12-17-34-39-23-31-22-21-30-15-8-9-16-33(30)38(31)26-42(39)48-44(34)35;1-11-6-8-13(9-7-11)15-17-10-12(2)14(18-15)16(3,4)5;/h5-17,19-28H,1-4H3;6-8,10H,1-5H3;/q2*-1;. The third-order valence-corrected chi connectivity index (χ3v) is 12.7. The molecule has 6 heteroatoms. The number of para-hydroxylation sites is 2. The maximum absolute atomic E-state index is 6.83. The zero-order valence-corrected chi connectivity index (χ0v) is 42.0. The zero-order chi connectivity index (χ0) is 45.9. The van der Waals surface area contributed by atoms with Crippen LogP contribution in [0.15, 0.2) is 156 Å². The second-order valence-corrected chi connectivity index (χ2v) is 19.2. The van der Waals surface area contributed by atoms with Crippen molar-refractivity contribution in [1.82, 2.24) is 19.5 Å². The molecule has 0 amide bonds. The Morgan fingerprint density at radius 3 is 2.04 bits per heavy atom. The largest absolute Gasteiger partial charge is 0.501 e. The molecule has 67 heavy (non-hydrogen) atoms. The van der Waals surface area contributed by atoms with Crippen LogP contribution in [0.2, 0.25) is 0 Å². The molecule has 0 aliphatic carbocycles. The number of aryl methyl sites for hydroxylation is 2. The van der Waals surface area contributed by atoms with Gasteiger partial charge in [-0.05, 0) is 105 Å². The summed E-state index contributed by atoms with van der Waals surface area (Å²) in [6.07, 6.45) is 1.90. The van der Waals surface area contributed by atoms with Crippen molar-refractivity contribution in [2.75, 3.05) is 0 Å². The number of fused-ring (bicyclic) bond motifs is 7. The quantitative estimate of drug-likeness (QED) is 0.123. The van der Waals surface area contributed by atoms with E-state index in [1.807, 2.05) is 24.4 Å². The molecule has 335 valence electrons. The van der Waals surface area contributed by atoms with Gasteiger partial charge in [-0.3, -0.25) is 15.0 Å². The Hall–Kier alpha value is -6.72. The van der Waals surface area contributed by atoms with Gasteiger partial charge in [0.15, 0.2) is 0 Å². The van der Waals surface area contributed by atoms with Crippen LogP contribution in [0.3, 0.4) is 0 Å². The van der Waals surface area contributed by atoms with Gasteiger partial charge >= 0.3 is 0 Å². The van der Waals surface area contributed by atoms with E-state index >= 15 is 0 Å². The number of nitrogens with zero attached hydrogens (tertiary/aromatic N) is 4. The van der Waals surface area contributed by atoms with Gasteiger partial charge in [0.2, 0.25) is 0 Å². The summed E-state index contributed by atoms with van der Waals surface area (Å²) in [7, 11) is 0. The van der Waals surface area contributed by atoms with Crippen LogP contribution in [0.5, 0.6) is 0 Å². The van der Waals surface area contributed by atoms with E-state index in [-0.39, 0.29) is 37.4 Å². The summed E-state index contributed by atoms with van der Waals surface area (Å²) in [4.78, 5) is 14.4. The maximum atomic E-state index is 6.83. The summed E-state index contributed by atoms with van der Waals surface area (Å²) >= 11 is 0. The van der Waals surface area contributed by atoms with E-state index in [9.17, 15) is 0 Å². The molecular formula is C61H54IrN4O-2. The van der Waals surface area contributed by atoms with Crippen LogP contribution in [0.1, 0.15) is 88.2 Å². The van der Waals surface area contributed by atoms with Crippen LogP contribution >= 0.6 is 0 Å². The molecule has 0 fully saturated rings. The SMILES string of the molecule is CC(C)c1cc(-c2ccccc2)cc(C(C)C)c1-n1c(-c2[c-]ccc3c2oc2cc4c(ccc5ccccc54)cc23)nc2ccccc21.Cc1c[c-]c(-c2ncc(C)c(C(C)(C)C)n2)cc1.[Ir]. The Morgan fingerprint density at radius 2 is 1.33 bits per heavy atom. The van der Waals surface area contributed by atoms with Gasteiger partial charge in [0, 0.05) is 48.5 Å². The first-order valence-electron chi connectivity index (χ1n) is 23.1. The zero-order valence-electron chi connectivity index (χ0n) is 39.6. The summed E-state index contributed by atoms with van der Waals surface area (Å²) in [6, 6.07) is 58.4. The van der Waals surface area contributed by atoms with Gasteiger partial charge in [-0.1, -0.05) is 145 Å². The van der Waals surface area contributed by atoms with E-state index in [2.05, 4.69) is 211 Å². The second-order valence-electron chi connectivity index (χ2n) is 19.2. The molecule has 0 bridgehead atoms. The molecule has 8 aromatic carbocycles. The third-order valence-electron chi connectivity index (χ3n) is 12.7. The van der Waals surface area contributed by atoms with Gasteiger partial charge in [-0.15, -0.1) is 53.6 Å². The second kappa shape index (κ2) is 18.2. The fourth-order valence-electron chi connectivity index (χ4n) is 9.42. The molecule has 11 aromatic rings. The van der Waals surface area contributed by atoms with Gasteiger partial charge < -0.3 is 8.98 Å². The molecular weight excluding hydrogens is 997 g/mol. The minimum absolute atomic E-state index is 0. The van der Waals surface area contributed by atoms with Gasteiger partial charge in [-0.25, -0.2) is 0 Å². The molecule has 0 unspecified atom stereocenters. The van der Waals surface area contributed by atoms with Gasteiger partial charge in [0.05, 0.1) is 28.3 Å². The molecule has 0 atom stereocenters. The predicted molar refractivity (Wildman–Crippen MR) is 276 cm³/mol. The Morgan fingerprint density at radius 1 is 0.627 bits per heavy atom. The predicted octanol–water partition coefficient (Wildman–Crippen LogP) is 16.5. The maximum Gasteiger partial charge on any atom is 0.121 e. The topological polar surface area (TPSA) is 56.7 Å². The molecule has 0 saturated carbocycles. The van der Waals surface area contributed by atoms with Crippen LogP contribution in [-0.4, -0.2) is 19.5 Å². The van der Waals surface area contributed by atoms with E-state index in [0.717, 1.165) is 67.0 Å². The summed E-state index contributed by atoms with van der Waals surface area (Å²) in [6.45, 7) is 19.8. The normalized spacial score (nSPS) is 11.8. The van der Waals surface area contributed by atoms with Crippen molar-refractivity contribution < 1.29 is 24.5 Å². The fraction of sp³-hybridized carbons (Fsp3) is 0.197. The third kappa shape index (κ3) is 8.50.